The molecule has 0 radical (unpaired) electrons. The molecule has 0 fully saturated rings. The second kappa shape index (κ2) is 9.77. The normalized spacial score (nSPS) is 10.1. The second-order valence-electron chi connectivity index (χ2n) is 4.43. The van der Waals surface area contributed by atoms with Crippen molar-refractivity contribution in [2.24, 2.45) is 0 Å². The number of rotatable bonds is 10. The SMILES string of the molecule is CCCCOCCNC(=O)c1cccc(OCC(=O)O)c1. The summed E-state index contributed by atoms with van der Waals surface area (Å²) in [6.45, 7) is 3.26. The monoisotopic (exact) mass is 295 g/mol. The van der Waals surface area contributed by atoms with Gasteiger partial charge < -0.3 is 19.9 Å². The average molecular weight is 295 g/mol. The van der Waals surface area contributed by atoms with Gasteiger partial charge in [0.2, 0.25) is 0 Å². The zero-order chi connectivity index (χ0) is 15.5. The zero-order valence-electron chi connectivity index (χ0n) is 12.1. The van der Waals surface area contributed by atoms with Crippen molar-refractivity contribution >= 4 is 11.9 Å². The molecule has 0 unspecified atom stereocenters. The standard InChI is InChI=1S/C15H21NO5/c1-2-3-8-20-9-7-16-15(19)12-5-4-6-13(10-12)21-11-14(17)18/h4-6,10H,2-3,7-9,11H2,1H3,(H,16,19)(H,17,18). The lowest BCUT2D eigenvalue weighted by Crippen LogP contribution is -2.27. The Morgan fingerprint density at radius 3 is 2.81 bits per heavy atom. The van der Waals surface area contributed by atoms with Gasteiger partial charge >= 0.3 is 5.97 Å². The van der Waals surface area contributed by atoms with E-state index in [4.69, 9.17) is 14.6 Å². The first-order chi connectivity index (χ1) is 10.1. The number of carbonyl (C=O) groups excluding carboxylic acids is 1. The number of nitrogens with one attached hydrogen (secondary N) is 1. The lowest BCUT2D eigenvalue weighted by Gasteiger charge is -2.08. The molecule has 1 rings (SSSR count). The third kappa shape index (κ3) is 7.31. The van der Waals surface area contributed by atoms with Crippen molar-refractivity contribution in [3.63, 3.8) is 0 Å². The van der Waals surface area contributed by atoms with Crippen LogP contribution in [0.15, 0.2) is 24.3 Å². The van der Waals surface area contributed by atoms with E-state index in [2.05, 4.69) is 12.2 Å². The minimum absolute atomic E-state index is 0.241. The van der Waals surface area contributed by atoms with E-state index < -0.39 is 12.6 Å². The Morgan fingerprint density at radius 2 is 2.10 bits per heavy atom. The van der Waals surface area contributed by atoms with E-state index in [9.17, 15) is 9.59 Å². The summed E-state index contributed by atoms with van der Waals surface area (Å²) >= 11 is 0. The van der Waals surface area contributed by atoms with Crippen molar-refractivity contribution < 1.29 is 24.2 Å². The molecule has 1 aromatic carbocycles. The highest BCUT2D eigenvalue weighted by molar-refractivity contribution is 5.94. The Balaban J connectivity index is 2.36. The number of hydrogen-bond acceptors (Lipinski definition) is 4. The molecule has 0 saturated carbocycles. The molecule has 0 saturated heterocycles. The van der Waals surface area contributed by atoms with Crippen molar-refractivity contribution in [2.45, 2.75) is 19.8 Å². The first-order valence-electron chi connectivity index (χ1n) is 6.94. The van der Waals surface area contributed by atoms with Crippen molar-refractivity contribution in [3.8, 4) is 5.75 Å². The molecular formula is C15H21NO5. The number of hydrogen-bond donors (Lipinski definition) is 2. The summed E-state index contributed by atoms with van der Waals surface area (Å²) in [6.07, 6.45) is 2.09. The number of benzene rings is 1. The maximum absolute atomic E-state index is 11.9. The maximum atomic E-state index is 11.9. The molecular weight excluding hydrogens is 274 g/mol. The Bertz CT molecular complexity index is 461. The summed E-state index contributed by atoms with van der Waals surface area (Å²) in [6, 6.07) is 6.40. The minimum Gasteiger partial charge on any atom is -0.482 e. The van der Waals surface area contributed by atoms with E-state index in [0.29, 0.717) is 31.1 Å². The van der Waals surface area contributed by atoms with Gasteiger partial charge in [-0.15, -0.1) is 0 Å². The fraction of sp³-hybridized carbons (Fsp3) is 0.467. The number of aliphatic carboxylic acids is 1. The van der Waals surface area contributed by atoms with Gasteiger partial charge in [0.15, 0.2) is 6.61 Å². The smallest absolute Gasteiger partial charge is 0.341 e. The molecule has 0 heterocycles. The number of unbranched alkanes of at least 4 members (excludes halogenated alkanes) is 1. The van der Waals surface area contributed by atoms with E-state index in [1.165, 1.54) is 6.07 Å². The largest absolute Gasteiger partial charge is 0.482 e. The quantitative estimate of drug-likeness (QED) is 0.642. The van der Waals surface area contributed by atoms with Gasteiger partial charge in [-0.05, 0) is 24.6 Å². The van der Waals surface area contributed by atoms with Crippen molar-refractivity contribution in [1.29, 1.82) is 0 Å². The molecule has 6 nitrogen and oxygen atoms in total. The van der Waals surface area contributed by atoms with Gasteiger partial charge in [-0.25, -0.2) is 4.79 Å². The first-order valence-corrected chi connectivity index (χ1v) is 6.94. The van der Waals surface area contributed by atoms with Gasteiger partial charge in [-0.2, -0.15) is 0 Å². The zero-order valence-corrected chi connectivity index (χ0v) is 12.1. The van der Waals surface area contributed by atoms with Crippen molar-refractivity contribution in [3.05, 3.63) is 29.8 Å². The van der Waals surface area contributed by atoms with Crippen LogP contribution in [0.3, 0.4) is 0 Å². The highest BCUT2D eigenvalue weighted by Crippen LogP contribution is 2.13. The molecule has 21 heavy (non-hydrogen) atoms. The van der Waals surface area contributed by atoms with Gasteiger partial charge in [0.1, 0.15) is 5.75 Å². The van der Waals surface area contributed by atoms with Gasteiger partial charge in [0.25, 0.3) is 5.91 Å². The molecule has 0 bridgehead atoms. The highest BCUT2D eigenvalue weighted by Gasteiger charge is 2.07. The Morgan fingerprint density at radius 1 is 1.29 bits per heavy atom. The molecule has 1 amide bonds. The van der Waals surface area contributed by atoms with Crippen LogP contribution in [0.4, 0.5) is 0 Å². The predicted molar refractivity (Wildman–Crippen MR) is 77.6 cm³/mol. The van der Waals surface area contributed by atoms with Crippen LogP contribution in [-0.4, -0.2) is 43.3 Å². The highest BCUT2D eigenvalue weighted by atomic mass is 16.5. The van der Waals surface area contributed by atoms with Gasteiger partial charge in [0, 0.05) is 18.7 Å². The van der Waals surface area contributed by atoms with Crippen LogP contribution < -0.4 is 10.1 Å². The molecule has 116 valence electrons. The molecule has 0 aromatic heterocycles. The molecule has 0 aliphatic rings. The fourth-order valence-corrected chi connectivity index (χ4v) is 1.56. The Hall–Kier alpha value is -2.08. The molecule has 1 aromatic rings. The Labute approximate surface area is 124 Å². The number of ether oxygens (including phenoxy) is 2. The number of carbonyl (C=O) groups is 2. The van der Waals surface area contributed by atoms with Crippen LogP contribution >= 0.6 is 0 Å². The van der Waals surface area contributed by atoms with Gasteiger partial charge in [-0.3, -0.25) is 4.79 Å². The molecule has 0 aliphatic heterocycles. The second-order valence-corrected chi connectivity index (χ2v) is 4.43. The fourth-order valence-electron chi connectivity index (χ4n) is 1.56. The Kier molecular flexibility index (Phi) is 7.89. The summed E-state index contributed by atoms with van der Waals surface area (Å²) in [7, 11) is 0. The number of carboxylic acid groups (broad SMARTS) is 1. The summed E-state index contributed by atoms with van der Waals surface area (Å²) in [4.78, 5) is 22.3. The molecule has 0 spiro atoms. The molecule has 6 heteroatoms. The van der Waals surface area contributed by atoms with E-state index in [1.807, 2.05) is 0 Å². The van der Waals surface area contributed by atoms with Crippen molar-refractivity contribution in [2.75, 3.05) is 26.4 Å². The predicted octanol–water partition coefficient (Wildman–Crippen LogP) is 1.70. The van der Waals surface area contributed by atoms with Crippen molar-refractivity contribution in [1.82, 2.24) is 5.32 Å². The van der Waals surface area contributed by atoms with E-state index in [0.717, 1.165) is 12.8 Å². The summed E-state index contributed by atoms with van der Waals surface area (Å²) in [5.74, 6) is -0.951. The first kappa shape index (κ1) is 17.0. The molecule has 2 N–H and O–H groups in total. The maximum Gasteiger partial charge on any atom is 0.341 e. The lowest BCUT2D eigenvalue weighted by atomic mass is 10.2. The van der Waals surface area contributed by atoms with Crippen LogP contribution in [0.2, 0.25) is 0 Å². The summed E-state index contributed by atoms with van der Waals surface area (Å²) < 4.78 is 10.4. The number of amides is 1. The van der Waals surface area contributed by atoms with E-state index >= 15 is 0 Å². The topological polar surface area (TPSA) is 84.9 Å². The molecule has 0 aliphatic carbocycles. The van der Waals surface area contributed by atoms with Crippen LogP contribution in [0, 0.1) is 0 Å². The number of carboxylic acids is 1. The molecule has 0 atom stereocenters. The van der Waals surface area contributed by atoms with Crippen LogP contribution in [0.25, 0.3) is 0 Å². The van der Waals surface area contributed by atoms with Crippen LogP contribution in [0.5, 0.6) is 5.75 Å². The van der Waals surface area contributed by atoms with Crippen LogP contribution in [-0.2, 0) is 9.53 Å². The van der Waals surface area contributed by atoms with Gasteiger partial charge in [-0.1, -0.05) is 19.4 Å². The minimum atomic E-state index is -1.06. The summed E-state index contributed by atoms with van der Waals surface area (Å²) in [5, 5.41) is 11.3. The van der Waals surface area contributed by atoms with E-state index in [1.54, 1.807) is 18.2 Å². The van der Waals surface area contributed by atoms with Gasteiger partial charge in [0.05, 0.1) is 6.61 Å². The average Bonchev–Trinajstić information content (AvgIpc) is 2.48. The lowest BCUT2D eigenvalue weighted by molar-refractivity contribution is -0.139. The third-order valence-electron chi connectivity index (χ3n) is 2.63. The summed E-state index contributed by atoms with van der Waals surface area (Å²) in [5.41, 5.74) is 0.423. The van der Waals surface area contributed by atoms with E-state index in [-0.39, 0.29) is 5.91 Å². The third-order valence-corrected chi connectivity index (χ3v) is 2.63. The van der Waals surface area contributed by atoms with Crippen LogP contribution in [0.1, 0.15) is 30.1 Å².